The van der Waals surface area contributed by atoms with Crippen molar-refractivity contribution in [2.45, 2.75) is 36.4 Å². The average molecular weight is 559 g/mol. The molecule has 0 amide bonds. The second-order valence-electron chi connectivity index (χ2n) is 8.56. The molecule has 1 fully saturated rings. The van der Waals surface area contributed by atoms with Gasteiger partial charge in [0.2, 0.25) is 0 Å². The monoisotopic (exact) mass is 557 g/mol. The third kappa shape index (κ3) is 8.96. The van der Waals surface area contributed by atoms with E-state index in [1.807, 2.05) is 6.07 Å². The van der Waals surface area contributed by atoms with Crippen molar-refractivity contribution in [3.05, 3.63) is 95.6 Å². The molecule has 188 valence electrons. The Morgan fingerprint density at radius 3 is 2.37 bits per heavy atom. The lowest BCUT2D eigenvalue weighted by molar-refractivity contribution is 0.0106. The Hall–Kier alpha value is -1.83. The molecular weight excluding hydrogens is 522 g/mol. The number of thioether (sulfide) groups is 1. The van der Waals surface area contributed by atoms with Gasteiger partial charge in [-0.1, -0.05) is 54.6 Å². The first-order valence-electron chi connectivity index (χ1n) is 12.1. The average Bonchev–Trinajstić information content (AvgIpc) is 2.91. The van der Waals surface area contributed by atoms with Crippen molar-refractivity contribution in [3.63, 3.8) is 0 Å². The molecule has 1 N–H and O–H groups in total. The molecule has 2 atom stereocenters. The second-order valence-corrected chi connectivity index (χ2v) is 9.44. The molecule has 1 aliphatic rings. The maximum Gasteiger partial charge on any atom is 0.119 e. The molecular formula is C29H36BrNO3S. The van der Waals surface area contributed by atoms with Crippen molar-refractivity contribution in [3.8, 4) is 5.75 Å². The van der Waals surface area contributed by atoms with Crippen molar-refractivity contribution >= 4 is 28.7 Å². The van der Waals surface area contributed by atoms with E-state index >= 15 is 0 Å². The first kappa shape index (κ1) is 27.8. The lowest BCUT2D eigenvalue weighted by Crippen LogP contribution is -2.40. The van der Waals surface area contributed by atoms with E-state index in [0.717, 1.165) is 31.7 Å². The Bertz CT molecular complexity index is 969. The van der Waals surface area contributed by atoms with E-state index in [-0.39, 0.29) is 23.1 Å². The molecule has 6 heteroatoms. The third-order valence-corrected chi connectivity index (χ3v) is 6.98. The Kier molecular flexibility index (Phi) is 12.1. The summed E-state index contributed by atoms with van der Waals surface area (Å²) in [4.78, 5) is 1.28. The van der Waals surface area contributed by atoms with Crippen LogP contribution in [0.4, 0.5) is 0 Å². The summed E-state index contributed by atoms with van der Waals surface area (Å²) >= 11 is 1.76. The summed E-state index contributed by atoms with van der Waals surface area (Å²) in [6.45, 7) is 4.41. The number of nitrogens with one attached hydrogen (secondary N) is 1. The minimum absolute atomic E-state index is 0. The molecule has 1 aliphatic heterocycles. The summed E-state index contributed by atoms with van der Waals surface area (Å²) in [5.74, 6) is 1.28. The summed E-state index contributed by atoms with van der Waals surface area (Å²) in [6.07, 6.45) is 4.27. The third-order valence-electron chi connectivity index (χ3n) is 6.23. The van der Waals surface area contributed by atoms with Crippen molar-refractivity contribution in [1.82, 2.24) is 5.32 Å². The number of hydrogen-bond acceptors (Lipinski definition) is 5. The van der Waals surface area contributed by atoms with Gasteiger partial charge in [-0.05, 0) is 66.6 Å². The predicted molar refractivity (Wildman–Crippen MR) is 150 cm³/mol. The fraction of sp³-hybridized carbons (Fsp3) is 0.379. The summed E-state index contributed by atoms with van der Waals surface area (Å²) in [7, 11) is 0. The van der Waals surface area contributed by atoms with Gasteiger partial charge in [0.15, 0.2) is 0 Å². The van der Waals surface area contributed by atoms with Crippen molar-refractivity contribution in [2.75, 3.05) is 39.2 Å². The van der Waals surface area contributed by atoms with Crippen molar-refractivity contribution < 1.29 is 14.2 Å². The molecule has 0 aromatic heterocycles. The van der Waals surface area contributed by atoms with Crippen LogP contribution in [-0.2, 0) is 22.5 Å². The summed E-state index contributed by atoms with van der Waals surface area (Å²) in [5, 5.41) is 3.49. The number of halogens is 1. The standard InChI is InChI=1S/C29H35NO3S.BrH/c1-34-27-13-7-24(8-14-27)22-33-29-21-30-17-15-28(29)25-9-11-26(12-10-25)32-20-19-31-18-16-23-5-3-2-4-6-23;/h2-14,28-30H,15-22H2,1H3;1H. The second kappa shape index (κ2) is 15.3. The first-order chi connectivity index (χ1) is 16.8. The minimum Gasteiger partial charge on any atom is -0.491 e. The van der Waals surface area contributed by atoms with E-state index in [0.29, 0.717) is 32.3 Å². The summed E-state index contributed by atoms with van der Waals surface area (Å²) in [5.41, 5.74) is 3.83. The Labute approximate surface area is 224 Å². The molecule has 0 bridgehead atoms. The maximum absolute atomic E-state index is 6.36. The van der Waals surface area contributed by atoms with Crippen LogP contribution in [0, 0.1) is 0 Å². The van der Waals surface area contributed by atoms with Crippen LogP contribution in [0.5, 0.6) is 5.75 Å². The van der Waals surface area contributed by atoms with Crippen LogP contribution in [-0.4, -0.2) is 45.3 Å². The van der Waals surface area contributed by atoms with Gasteiger partial charge in [0.05, 0.1) is 25.9 Å². The van der Waals surface area contributed by atoms with Gasteiger partial charge in [0, 0.05) is 17.4 Å². The predicted octanol–water partition coefficient (Wildman–Crippen LogP) is 6.29. The molecule has 4 nitrogen and oxygen atoms in total. The molecule has 0 aliphatic carbocycles. The topological polar surface area (TPSA) is 39.7 Å². The fourth-order valence-electron chi connectivity index (χ4n) is 4.28. The minimum atomic E-state index is 0. The molecule has 1 heterocycles. The quantitative estimate of drug-likeness (QED) is 0.209. The van der Waals surface area contributed by atoms with Crippen LogP contribution < -0.4 is 10.1 Å². The van der Waals surface area contributed by atoms with Gasteiger partial charge >= 0.3 is 0 Å². The van der Waals surface area contributed by atoms with Gasteiger partial charge in [0.25, 0.3) is 0 Å². The Morgan fingerprint density at radius 1 is 0.857 bits per heavy atom. The van der Waals surface area contributed by atoms with Crippen LogP contribution in [0.1, 0.15) is 29.0 Å². The van der Waals surface area contributed by atoms with Gasteiger partial charge in [-0.15, -0.1) is 28.7 Å². The van der Waals surface area contributed by atoms with Crippen LogP contribution in [0.3, 0.4) is 0 Å². The van der Waals surface area contributed by atoms with Gasteiger partial charge in [-0.25, -0.2) is 0 Å². The number of hydrogen-bond donors (Lipinski definition) is 1. The molecule has 4 rings (SSSR count). The molecule has 35 heavy (non-hydrogen) atoms. The van der Waals surface area contributed by atoms with E-state index in [1.54, 1.807) is 11.8 Å². The number of ether oxygens (including phenoxy) is 3. The SMILES string of the molecule is Br.CSc1ccc(COC2CNCCC2c2ccc(OCCOCCc3ccccc3)cc2)cc1. The summed E-state index contributed by atoms with van der Waals surface area (Å²) in [6, 6.07) is 27.6. The van der Waals surface area contributed by atoms with Gasteiger partial charge in [0.1, 0.15) is 12.4 Å². The largest absolute Gasteiger partial charge is 0.491 e. The first-order valence-corrected chi connectivity index (χ1v) is 13.3. The van der Waals surface area contributed by atoms with Gasteiger partial charge in [-0.3, -0.25) is 0 Å². The highest BCUT2D eigenvalue weighted by Gasteiger charge is 2.27. The van der Waals surface area contributed by atoms with Gasteiger partial charge < -0.3 is 19.5 Å². The van der Waals surface area contributed by atoms with Crippen LogP contribution in [0.25, 0.3) is 0 Å². The van der Waals surface area contributed by atoms with E-state index in [2.05, 4.69) is 84.4 Å². The number of piperidine rings is 1. The molecule has 0 radical (unpaired) electrons. The highest BCUT2D eigenvalue weighted by Crippen LogP contribution is 2.30. The Balaban J connectivity index is 0.00000342. The molecule has 0 spiro atoms. The zero-order valence-corrected chi connectivity index (χ0v) is 22.9. The summed E-state index contributed by atoms with van der Waals surface area (Å²) < 4.78 is 18.0. The zero-order valence-electron chi connectivity index (χ0n) is 20.4. The van der Waals surface area contributed by atoms with Gasteiger partial charge in [-0.2, -0.15) is 0 Å². The van der Waals surface area contributed by atoms with Crippen molar-refractivity contribution in [1.29, 1.82) is 0 Å². The molecule has 0 saturated carbocycles. The number of rotatable bonds is 12. The highest BCUT2D eigenvalue weighted by molar-refractivity contribution is 8.93. The van der Waals surface area contributed by atoms with Crippen LogP contribution >= 0.6 is 28.7 Å². The maximum atomic E-state index is 6.36. The highest BCUT2D eigenvalue weighted by atomic mass is 79.9. The lowest BCUT2D eigenvalue weighted by atomic mass is 9.87. The van der Waals surface area contributed by atoms with E-state index in [1.165, 1.54) is 21.6 Å². The molecule has 3 aromatic carbocycles. The van der Waals surface area contributed by atoms with Crippen LogP contribution in [0.15, 0.2) is 83.8 Å². The molecule has 2 unspecified atom stereocenters. The van der Waals surface area contributed by atoms with E-state index in [9.17, 15) is 0 Å². The number of benzene rings is 3. The fourth-order valence-corrected chi connectivity index (χ4v) is 4.69. The lowest BCUT2D eigenvalue weighted by Gasteiger charge is -2.32. The van der Waals surface area contributed by atoms with Crippen molar-refractivity contribution in [2.24, 2.45) is 0 Å². The van der Waals surface area contributed by atoms with Crippen LogP contribution in [0.2, 0.25) is 0 Å². The van der Waals surface area contributed by atoms with E-state index < -0.39 is 0 Å². The normalized spacial score (nSPS) is 17.5. The molecule has 3 aromatic rings. The molecule has 1 saturated heterocycles. The zero-order chi connectivity index (χ0) is 23.4. The van der Waals surface area contributed by atoms with E-state index in [4.69, 9.17) is 14.2 Å². The smallest absolute Gasteiger partial charge is 0.119 e. The Morgan fingerprint density at radius 2 is 1.63 bits per heavy atom.